The van der Waals surface area contributed by atoms with Gasteiger partial charge < -0.3 is 19.4 Å². The van der Waals surface area contributed by atoms with Gasteiger partial charge in [-0.25, -0.2) is 4.98 Å². The van der Waals surface area contributed by atoms with Crippen molar-refractivity contribution in [2.24, 2.45) is 5.92 Å². The smallest absolute Gasteiger partial charge is 0.222 e. The van der Waals surface area contributed by atoms with E-state index < -0.39 is 0 Å². The second-order valence-electron chi connectivity index (χ2n) is 6.61. The van der Waals surface area contributed by atoms with E-state index in [-0.39, 0.29) is 17.9 Å². The van der Waals surface area contributed by atoms with E-state index in [1.807, 2.05) is 35.9 Å². The first-order valence-electron chi connectivity index (χ1n) is 8.71. The SMILES string of the molecule is Cc1nccn1CCC(=O)NC(c1ccc2c(c1)OCCO2)C(C)C. The molecule has 1 N–H and O–H groups in total. The van der Waals surface area contributed by atoms with Crippen LogP contribution in [0.4, 0.5) is 0 Å². The summed E-state index contributed by atoms with van der Waals surface area (Å²) in [6.07, 6.45) is 4.06. The summed E-state index contributed by atoms with van der Waals surface area (Å²) in [5, 5.41) is 3.15. The van der Waals surface area contributed by atoms with E-state index in [4.69, 9.17) is 9.47 Å². The number of carbonyl (C=O) groups is 1. The number of rotatable bonds is 6. The fraction of sp³-hybridized carbons (Fsp3) is 0.474. The second kappa shape index (κ2) is 7.59. The molecule has 1 aliphatic heterocycles. The van der Waals surface area contributed by atoms with Gasteiger partial charge in [0.15, 0.2) is 11.5 Å². The lowest BCUT2D eigenvalue weighted by molar-refractivity contribution is -0.122. The fourth-order valence-electron chi connectivity index (χ4n) is 3.00. The highest BCUT2D eigenvalue weighted by Gasteiger charge is 2.21. The molecule has 0 bridgehead atoms. The van der Waals surface area contributed by atoms with E-state index in [1.54, 1.807) is 6.20 Å². The Morgan fingerprint density at radius 3 is 2.72 bits per heavy atom. The van der Waals surface area contributed by atoms with E-state index in [0.717, 1.165) is 22.9 Å². The van der Waals surface area contributed by atoms with Crippen LogP contribution in [0, 0.1) is 12.8 Å². The molecule has 1 unspecified atom stereocenters. The highest BCUT2D eigenvalue weighted by molar-refractivity contribution is 5.76. The van der Waals surface area contributed by atoms with Gasteiger partial charge in [0.1, 0.15) is 19.0 Å². The van der Waals surface area contributed by atoms with Gasteiger partial charge in [0.05, 0.1) is 6.04 Å². The van der Waals surface area contributed by atoms with Gasteiger partial charge in [-0.1, -0.05) is 19.9 Å². The lowest BCUT2D eigenvalue weighted by Crippen LogP contribution is -2.32. The minimum absolute atomic E-state index is 0.0293. The van der Waals surface area contributed by atoms with Crippen LogP contribution in [0.3, 0.4) is 0 Å². The van der Waals surface area contributed by atoms with Crippen LogP contribution < -0.4 is 14.8 Å². The molecular weight excluding hydrogens is 318 g/mol. The summed E-state index contributed by atoms with van der Waals surface area (Å²) in [4.78, 5) is 16.6. The van der Waals surface area contributed by atoms with E-state index in [1.165, 1.54) is 0 Å². The molecule has 1 amide bonds. The lowest BCUT2D eigenvalue weighted by atomic mass is 9.95. The molecule has 0 aliphatic carbocycles. The molecule has 2 aromatic rings. The zero-order chi connectivity index (χ0) is 17.8. The number of aryl methyl sites for hydroxylation is 2. The van der Waals surface area contributed by atoms with Crippen LogP contribution in [0.2, 0.25) is 0 Å². The zero-order valence-corrected chi connectivity index (χ0v) is 15.0. The Hall–Kier alpha value is -2.50. The zero-order valence-electron chi connectivity index (χ0n) is 15.0. The molecule has 6 nitrogen and oxygen atoms in total. The maximum atomic E-state index is 12.4. The number of amides is 1. The van der Waals surface area contributed by atoms with Crippen molar-refractivity contribution >= 4 is 5.91 Å². The number of carbonyl (C=O) groups excluding carboxylic acids is 1. The van der Waals surface area contributed by atoms with Crippen molar-refractivity contribution in [3.8, 4) is 11.5 Å². The molecule has 1 aromatic heterocycles. The summed E-state index contributed by atoms with van der Waals surface area (Å²) in [6, 6.07) is 5.82. The first-order chi connectivity index (χ1) is 12.0. The van der Waals surface area contributed by atoms with Crippen molar-refractivity contribution < 1.29 is 14.3 Å². The summed E-state index contributed by atoms with van der Waals surface area (Å²) < 4.78 is 13.2. The molecule has 3 rings (SSSR count). The molecule has 0 radical (unpaired) electrons. The Kier molecular flexibility index (Phi) is 5.26. The van der Waals surface area contributed by atoms with Gasteiger partial charge >= 0.3 is 0 Å². The van der Waals surface area contributed by atoms with Crippen LogP contribution in [0.5, 0.6) is 11.5 Å². The number of fused-ring (bicyclic) bond motifs is 1. The third kappa shape index (κ3) is 4.13. The quantitative estimate of drug-likeness (QED) is 0.876. The summed E-state index contributed by atoms with van der Waals surface area (Å²) >= 11 is 0. The summed E-state index contributed by atoms with van der Waals surface area (Å²) in [5.74, 6) is 2.72. The van der Waals surface area contributed by atoms with Crippen LogP contribution in [-0.4, -0.2) is 28.7 Å². The average molecular weight is 343 g/mol. The van der Waals surface area contributed by atoms with Crippen LogP contribution >= 0.6 is 0 Å². The van der Waals surface area contributed by atoms with Crippen LogP contribution in [0.25, 0.3) is 0 Å². The summed E-state index contributed by atoms with van der Waals surface area (Å²) in [7, 11) is 0. The maximum Gasteiger partial charge on any atom is 0.222 e. The molecule has 0 saturated carbocycles. The number of benzene rings is 1. The Balaban J connectivity index is 1.66. The van der Waals surface area contributed by atoms with E-state index >= 15 is 0 Å². The topological polar surface area (TPSA) is 65.4 Å². The average Bonchev–Trinajstić information content (AvgIpc) is 3.02. The minimum atomic E-state index is -0.0628. The monoisotopic (exact) mass is 343 g/mol. The molecular formula is C19H25N3O3. The molecule has 6 heteroatoms. The molecule has 25 heavy (non-hydrogen) atoms. The Morgan fingerprint density at radius 1 is 1.28 bits per heavy atom. The van der Waals surface area contributed by atoms with Crippen LogP contribution in [0.1, 0.15) is 37.7 Å². The van der Waals surface area contributed by atoms with Gasteiger partial charge in [-0.3, -0.25) is 4.79 Å². The third-order valence-electron chi connectivity index (χ3n) is 4.41. The number of ether oxygens (including phenoxy) is 2. The van der Waals surface area contributed by atoms with Crippen molar-refractivity contribution in [1.29, 1.82) is 0 Å². The van der Waals surface area contributed by atoms with Gasteiger partial charge in [-0.05, 0) is 30.5 Å². The lowest BCUT2D eigenvalue weighted by Gasteiger charge is -2.25. The van der Waals surface area contributed by atoms with Crippen LogP contribution in [0.15, 0.2) is 30.6 Å². The van der Waals surface area contributed by atoms with E-state index in [9.17, 15) is 4.79 Å². The Morgan fingerprint density at radius 2 is 2.04 bits per heavy atom. The standard InChI is InChI=1S/C19H25N3O3/c1-13(2)19(15-4-5-16-17(12-15)25-11-10-24-16)21-18(23)6-8-22-9-7-20-14(22)3/h4-5,7,9,12-13,19H,6,8,10-11H2,1-3H3,(H,21,23). The number of hydrogen-bond donors (Lipinski definition) is 1. The minimum Gasteiger partial charge on any atom is -0.486 e. The van der Waals surface area contributed by atoms with Gasteiger partial charge in [-0.15, -0.1) is 0 Å². The van der Waals surface area contributed by atoms with Gasteiger partial charge in [0, 0.05) is 25.4 Å². The maximum absolute atomic E-state index is 12.4. The Bertz CT molecular complexity index is 739. The molecule has 1 aromatic carbocycles. The third-order valence-corrected chi connectivity index (χ3v) is 4.41. The van der Waals surface area contributed by atoms with E-state index in [0.29, 0.717) is 26.2 Å². The number of nitrogens with zero attached hydrogens (tertiary/aromatic N) is 2. The molecule has 1 aliphatic rings. The summed E-state index contributed by atoms with van der Waals surface area (Å²) in [5.41, 5.74) is 1.03. The molecule has 0 spiro atoms. The molecule has 2 heterocycles. The highest BCUT2D eigenvalue weighted by Crippen LogP contribution is 2.34. The van der Waals surface area contributed by atoms with Gasteiger partial charge in [0.2, 0.25) is 5.91 Å². The first-order valence-corrected chi connectivity index (χ1v) is 8.71. The number of hydrogen-bond acceptors (Lipinski definition) is 4. The second-order valence-corrected chi connectivity index (χ2v) is 6.61. The van der Waals surface area contributed by atoms with Crippen molar-refractivity contribution in [2.45, 2.75) is 39.8 Å². The van der Waals surface area contributed by atoms with Crippen molar-refractivity contribution in [1.82, 2.24) is 14.9 Å². The highest BCUT2D eigenvalue weighted by atomic mass is 16.6. The predicted octanol–water partition coefficient (Wildman–Crippen LogP) is 2.87. The molecule has 0 saturated heterocycles. The van der Waals surface area contributed by atoms with Gasteiger partial charge in [0.25, 0.3) is 0 Å². The largest absolute Gasteiger partial charge is 0.486 e. The van der Waals surface area contributed by atoms with E-state index in [2.05, 4.69) is 24.1 Å². The van der Waals surface area contributed by atoms with Crippen molar-refractivity contribution in [3.63, 3.8) is 0 Å². The number of imidazole rings is 1. The fourth-order valence-corrected chi connectivity index (χ4v) is 3.00. The molecule has 0 fully saturated rings. The summed E-state index contributed by atoms with van der Waals surface area (Å²) in [6.45, 7) is 7.89. The Labute approximate surface area is 148 Å². The normalized spacial score (nSPS) is 14.4. The van der Waals surface area contributed by atoms with Crippen molar-refractivity contribution in [2.75, 3.05) is 13.2 Å². The van der Waals surface area contributed by atoms with Crippen molar-refractivity contribution in [3.05, 3.63) is 42.0 Å². The predicted molar refractivity (Wildman–Crippen MR) is 94.7 cm³/mol. The molecule has 1 atom stereocenters. The van der Waals surface area contributed by atoms with Crippen LogP contribution in [-0.2, 0) is 11.3 Å². The number of nitrogens with one attached hydrogen (secondary N) is 1. The molecule has 134 valence electrons. The number of aromatic nitrogens is 2. The van der Waals surface area contributed by atoms with Gasteiger partial charge in [-0.2, -0.15) is 0 Å². The first kappa shape index (κ1) is 17.3.